The Morgan fingerprint density at radius 3 is 1.90 bits per heavy atom. The Morgan fingerprint density at radius 2 is 1.36 bits per heavy atom. The number of benzene rings is 2. The standard InChI is InChI=1S/C43H65N3O10Si2/c1-41(2,3)54-38(48)32(44-39(49)52-28-30-18-16-15-17-19-30)26-33-35(55-57(11,12)42(4,5)6)36(56-58(13,14)43(7,8)9)37(53-33)45-25-24-34(47)46(40(45)50)27-29-20-22-31(51-10)23-21-29/h15-25,32-33,35-37H,26-28H2,1-14H3,(H,44,49)/t32-,33+,35+,36+,37+/m0/s1. The van der Waals surface area contributed by atoms with Crippen LogP contribution in [0, 0.1) is 0 Å². The average molecular weight is 840 g/mol. The van der Waals surface area contributed by atoms with E-state index in [1.54, 1.807) is 52.1 Å². The van der Waals surface area contributed by atoms with Crippen LogP contribution >= 0.6 is 0 Å². The molecule has 1 aliphatic heterocycles. The number of methoxy groups -OCH3 is 1. The van der Waals surface area contributed by atoms with Gasteiger partial charge in [0, 0.05) is 18.7 Å². The van der Waals surface area contributed by atoms with E-state index in [4.69, 9.17) is 27.8 Å². The van der Waals surface area contributed by atoms with Crippen molar-refractivity contribution in [2.45, 2.75) is 154 Å². The van der Waals surface area contributed by atoms with Crippen LogP contribution in [0.1, 0.15) is 86.1 Å². The molecule has 15 heteroatoms. The fraction of sp³-hybridized carbons (Fsp3) is 0.581. The van der Waals surface area contributed by atoms with E-state index >= 15 is 0 Å². The van der Waals surface area contributed by atoms with E-state index in [9.17, 15) is 19.2 Å². The van der Waals surface area contributed by atoms with E-state index in [1.165, 1.54) is 16.8 Å². The molecule has 1 saturated heterocycles. The van der Waals surface area contributed by atoms with Crippen LogP contribution in [-0.2, 0) is 41.0 Å². The Labute approximate surface area is 345 Å². The molecule has 2 heterocycles. The summed E-state index contributed by atoms with van der Waals surface area (Å²) in [6.07, 6.45) is -3.11. The fourth-order valence-corrected chi connectivity index (χ4v) is 8.54. The van der Waals surface area contributed by atoms with Gasteiger partial charge in [0.1, 0.15) is 36.2 Å². The van der Waals surface area contributed by atoms with Crippen LogP contribution in [0.3, 0.4) is 0 Å². The summed E-state index contributed by atoms with van der Waals surface area (Å²) in [7, 11) is -3.69. The van der Waals surface area contributed by atoms with E-state index in [0.717, 1.165) is 15.7 Å². The Balaban J connectivity index is 1.84. The largest absolute Gasteiger partial charge is 0.497 e. The number of esters is 1. The normalized spacial score (nSPS) is 19.7. The number of ether oxygens (including phenoxy) is 4. The van der Waals surface area contributed by atoms with E-state index in [-0.39, 0.29) is 29.6 Å². The Kier molecular flexibility index (Phi) is 14.5. The van der Waals surface area contributed by atoms with Crippen LogP contribution in [0.25, 0.3) is 0 Å². The van der Waals surface area contributed by atoms with E-state index < -0.39 is 76.1 Å². The summed E-state index contributed by atoms with van der Waals surface area (Å²) in [4.78, 5) is 55.1. The maximum absolute atomic E-state index is 14.5. The molecule has 4 rings (SSSR count). The van der Waals surface area contributed by atoms with Crippen LogP contribution in [0.15, 0.2) is 76.4 Å². The minimum absolute atomic E-state index is 0.00599. The van der Waals surface area contributed by atoms with Crippen molar-refractivity contribution in [3.8, 4) is 5.75 Å². The molecule has 58 heavy (non-hydrogen) atoms. The predicted octanol–water partition coefficient (Wildman–Crippen LogP) is 7.77. The van der Waals surface area contributed by atoms with Crippen molar-refractivity contribution in [2.24, 2.45) is 0 Å². The number of nitrogens with one attached hydrogen (secondary N) is 1. The number of amides is 1. The number of alkyl carbamates (subject to hydrolysis) is 1. The molecule has 0 radical (unpaired) electrons. The highest BCUT2D eigenvalue weighted by atomic mass is 28.4. The molecular weight excluding hydrogens is 775 g/mol. The molecule has 0 spiro atoms. The number of aromatic nitrogens is 2. The molecular formula is C43H65N3O10Si2. The van der Waals surface area contributed by atoms with Gasteiger partial charge in [-0.15, -0.1) is 0 Å². The van der Waals surface area contributed by atoms with Gasteiger partial charge in [0.05, 0.1) is 19.8 Å². The highest BCUT2D eigenvalue weighted by Crippen LogP contribution is 2.46. The van der Waals surface area contributed by atoms with Gasteiger partial charge in [-0.3, -0.25) is 13.9 Å². The minimum atomic E-state index is -2.63. The van der Waals surface area contributed by atoms with Crippen molar-refractivity contribution in [3.05, 3.63) is 98.8 Å². The van der Waals surface area contributed by atoms with Crippen LogP contribution in [0.5, 0.6) is 5.75 Å². The van der Waals surface area contributed by atoms with Crippen LogP contribution < -0.4 is 21.3 Å². The summed E-state index contributed by atoms with van der Waals surface area (Å²) >= 11 is 0. The lowest BCUT2D eigenvalue weighted by Crippen LogP contribution is -2.55. The summed E-state index contributed by atoms with van der Waals surface area (Å²) < 4.78 is 40.5. The van der Waals surface area contributed by atoms with Gasteiger partial charge in [-0.1, -0.05) is 84.0 Å². The fourth-order valence-electron chi connectivity index (χ4n) is 5.93. The third-order valence-corrected chi connectivity index (χ3v) is 20.2. The minimum Gasteiger partial charge on any atom is -0.497 e. The average Bonchev–Trinajstić information content (AvgIpc) is 3.42. The van der Waals surface area contributed by atoms with Crippen molar-refractivity contribution in [2.75, 3.05) is 7.11 Å². The first kappa shape index (κ1) is 46.7. The maximum Gasteiger partial charge on any atom is 0.408 e. The molecule has 1 aromatic heterocycles. The Bertz CT molecular complexity index is 1980. The number of nitrogens with zero attached hydrogens (tertiary/aromatic N) is 2. The highest BCUT2D eigenvalue weighted by molar-refractivity contribution is 6.74. The maximum atomic E-state index is 14.5. The van der Waals surface area contributed by atoms with Crippen molar-refractivity contribution >= 4 is 28.7 Å². The quantitative estimate of drug-likeness (QED) is 0.126. The van der Waals surface area contributed by atoms with Crippen molar-refractivity contribution in [3.63, 3.8) is 0 Å². The zero-order valence-electron chi connectivity index (χ0n) is 36.8. The highest BCUT2D eigenvalue weighted by Gasteiger charge is 2.55. The summed E-state index contributed by atoms with van der Waals surface area (Å²) in [5.41, 5.74) is -0.455. The second kappa shape index (κ2) is 18.1. The second-order valence-electron chi connectivity index (χ2n) is 19.1. The molecule has 5 atom stereocenters. The first-order valence-electron chi connectivity index (χ1n) is 19.9. The van der Waals surface area contributed by atoms with Crippen LogP contribution in [-0.4, -0.2) is 74.9 Å². The van der Waals surface area contributed by atoms with Gasteiger partial charge in [0.2, 0.25) is 0 Å². The molecule has 2 aromatic carbocycles. The summed E-state index contributed by atoms with van der Waals surface area (Å²) in [5.74, 6) is -0.0386. The second-order valence-corrected chi connectivity index (χ2v) is 28.6. The van der Waals surface area contributed by atoms with Crippen molar-refractivity contribution < 1.29 is 37.4 Å². The zero-order valence-corrected chi connectivity index (χ0v) is 38.8. The predicted molar refractivity (Wildman–Crippen MR) is 229 cm³/mol. The molecule has 1 fully saturated rings. The summed E-state index contributed by atoms with van der Waals surface area (Å²) in [6.45, 7) is 26.4. The summed E-state index contributed by atoms with van der Waals surface area (Å²) in [5, 5.41) is 2.24. The molecule has 0 bridgehead atoms. The number of hydrogen-bond donors (Lipinski definition) is 1. The molecule has 320 valence electrons. The van der Waals surface area contributed by atoms with Crippen LogP contribution in [0.4, 0.5) is 4.79 Å². The number of carbonyl (C=O) groups excluding carboxylic acids is 2. The molecule has 1 N–H and O–H groups in total. The van der Waals surface area contributed by atoms with Gasteiger partial charge in [-0.25, -0.2) is 14.4 Å². The van der Waals surface area contributed by atoms with E-state index in [0.29, 0.717) is 5.75 Å². The molecule has 3 aromatic rings. The molecule has 1 aliphatic rings. The monoisotopic (exact) mass is 839 g/mol. The van der Waals surface area contributed by atoms with Gasteiger partial charge < -0.3 is 33.1 Å². The van der Waals surface area contributed by atoms with Gasteiger partial charge in [0.25, 0.3) is 5.56 Å². The van der Waals surface area contributed by atoms with Gasteiger partial charge >= 0.3 is 17.8 Å². The number of hydrogen-bond acceptors (Lipinski definition) is 10. The molecule has 0 unspecified atom stereocenters. The number of carbonyl (C=O) groups is 2. The molecule has 0 aliphatic carbocycles. The smallest absolute Gasteiger partial charge is 0.408 e. The lowest BCUT2D eigenvalue weighted by atomic mass is 10.0. The third kappa shape index (κ3) is 11.8. The molecule has 13 nitrogen and oxygen atoms in total. The van der Waals surface area contributed by atoms with Crippen molar-refractivity contribution in [1.82, 2.24) is 14.5 Å². The lowest BCUT2D eigenvalue weighted by molar-refractivity contribution is -0.159. The van der Waals surface area contributed by atoms with Gasteiger partial charge in [-0.2, -0.15) is 0 Å². The Morgan fingerprint density at radius 1 is 0.793 bits per heavy atom. The van der Waals surface area contributed by atoms with Crippen molar-refractivity contribution in [1.29, 1.82) is 0 Å². The topological polar surface area (TPSA) is 146 Å². The van der Waals surface area contributed by atoms with Crippen LogP contribution in [0.2, 0.25) is 36.3 Å². The lowest BCUT2D eigenvalue weighted by Gasteiger charge is -2.44. The molecule has 1 amide bonds. The van der Waals surface area contributed by atoms with Gasteiger partial charge in [-0.05, 0) is 80.3 Å². The third-order valence-electron chi connectivity index (χ3n) is 11.3. The zero-order chi connectivity index (χ0) is 43.4. The summed E-state index contributed by atoms with van der Waals surface area (Å²) in [6, 6.07) is 16.5. The van der Waals surface area contributed by atoms with Gasteiger partial charge in [0.15, 0.2) is 22.9 Å². The number of rotatable bonds is 14. The van der Waals surface area contributed by atoms with E-state index in [2.05, 4.69) is 73.0 Å². The SMILES string of the molecule is COc1ccc(Cn2c(=O)ccn([C@@H]3O[C@H](C[C@H](NC(=O)OCc4ccccc4)C(=O)OC(C)(C)C)[C@@H](O[Si](C)(C)C(C)(C)C)[C@H]3O[Si](C)(C)C(C)(C)C)c2=O)cc1. The first-order valence-corrected chi connectivity index (χ1v) is 25.7. The molecule has 0 saturated carbocycles. The first-order chi connectivity index (χ1) is 26.7. The van der Waals surface area contributed by atoms with E-state index in [1.807, 2.05) is 30.3 Å². The Hall–Kier alpha value is -4.03.